The summed E-state index contributed by atoms with van der Waals surface area (Å²) in [7, 11) is 0. The van der Waals surface area contributed by atoms with Gasteiger partial charge in [-0.2, -0.15) is 5.48 Å². The standard InChI is InChI=1S/C22H20Cl2FN3O4/c23-9-13(12-29)10-27-32-18-7-6-16(24)19(20(18)25)21(30)14-8-17(26-11-14)22(31)28-15-4-2-1-3-5-15/h1-8,11,13,26-27,29H,9-10,12H2,(H,28,31). The molecule has 1 aromatic heterocycles. The lowest BCUT2D eigenvalue weighted by atomic mass is 10.0. The Morgan fingerprint density at radius 1 is 1.19 bits per heavy atom. The lowest BCUT2D eigenvalue weighted by Crippen LogP contribution is -2.29. The molecule has 32 heavy (non-hydrogen) atoms. The van der Waals surface area contributed by atoms with Gasteiger partial charge in [-0.3, -0.25) is 9.59 Å². The Labute approximate surface area is 193 Å². The number of nitrogens with one attached hydrogen (secondary N) is 3. The number of carbonyl (C=O) groups excluding carboxylic acids is 2. The van der Waals surface area contributed by atoms with Crippen LogP contribution in [0.4, 0.5) is 10.1 Å². The second-order valence-electron chi connectivity index (χ2n) is 6.84. The van der Waals surface area contributed by atoms with Crippen molar-refractivity contribution in [2.45, 2.75) is 0 Å². The quantitative estimate of drug-likeness (QED) is 0.199. The molecule has 1 heterocycles. The second kappa shape index (κ2) is 11.1. The summed E-state index contributed by atoms with van der Waals surface area (Å²) in [6, 6.07) is 12.7. The van der Waals surface area contributed by atoms with Crippen molar-refractivity contribution < 1.29 is 23.9 Å². The number of H-pyrrole nitrogens is 1. The van der Waals surface area contributed by atoms with Crippen LogP contribution in [0.25, 0.3) is 0 Å². The van der Waals surface area contributed by atoms with Crippen LogP contribution in [0.2, 0.25) is 5.02 Å². The molecule has 0 aliphatic carbocycles. The van der Waals surface area contributed by atoms with Gasteiger partial charge < -0.3 is 20.2 Å². The predicted octanol–water partition coefficient (Wildman–Crippen LogP) is 4.02. The van der Waals surface area contributed by atoms with Crippen molar-refractivity contribution in [2.24, 2.45) is 5.92 Å². The number of aromatic nitrogens is 1. The van der Waals surface area contributed by atoms with E-state index >= 15 is 0 Å². The van der Waals surface area contributed by atoms with Crippen LogP contribution in [0.15, 0.2) is 54.7 Å². The van der Waals surface area contributed by atoms with Crippen molar-refractivity contribution in [3.8, 4) is 5.75 Å². The Bertz CT molecular complexity index is 1090. The molecule has 10 heteroatoms. The van der Waals surface area contributed by atoms with Crippen molar-refractivity contribution >= 4 is 40.6 Å². The molecule has 0 aliphatic heterocycles. The van der Waals surface area contributed by atoms with E-state index in [1.807, 2.05) is 6.07 Å². The molecular formula is C22H20Cl2FN3O4. The topological polar surface area (TPSA) is 103 Å². The van der Waals surface area contributed by atoms with Gasteiger partial charge in [-0.05, 0) is 30.3 Å². The van der Waals surface area contributed by atoms with E-state index in [9.17, 15) is 14.0 Å². The normalized spacial score (nSPS) is 11.8. The van der Waals surface area contributed by atoms with Crippen molar-refractivity contribution in [1.82, 2.24) is 10.5 Å². The summed E-state index contributed by atoms with van der Waals surface area (Å²) >= 11 is 11.8. The summed E-state index contributed by atoms with van der Waals surface area (Å²) in [6.07, 6.45) is 1.30. The third kappa shape index (κ3) is 5.66. The zero-order chi connectivity index (χ0) is 23.1. The monoisotopic (exact) mass is 479 g/mol. The summed E-state index contributed by atoms with van der Waals surface area (Å²) in [5.41, 5.74) is 2.89. The number of carbonyl (C=O) groups is 2. The predicted molar refractivity (Wildman–Crippen MR) is 120 cm³/mol. The Morgan fingerprint density at radius 2 is 1.94 bits per heavy atom. The minimum atomic E-state index is -0.960. The van der Waals surface area contributed by atoms with Crippen LogP contribution in [0, 0.1) is 11.7 Å². The van der Waals surface area contributed by atoms with E-state index in [-0.39, 0.29) is 47.0 Å². The van der Waals surface area contributed by atoms with Gasteiger partial charge in [0.1, 0.15) is 5.69 Å². The highest BCUT2D eigenvalue weighted by atomic mass is 35.5. The molecule has 0 aliphatic rings. The third-order valence-electron chi connectivity index (χ3n) is 4.53. The molecule has 1 atom stereocenters. The van der Waals surface area contributed by atoms with Crippen molar-refractivity contribution in [3.63, 3.8) is 0 Å². The summed E-state index contributed by atoms with van der Waals surface area (Å²) in [4.78, 5) is 33.2. The molecule has 0 spiro atoms. The van der Waals surface area contributed by atoms with E-state index in [0.717, 1.165) is 0 Å². The number of alkyl halides is 1. The number of aliphatic hydroxyl groups is 1. The number of para-hydroxylation sites is 1. The van der Waals surface area contributed by atoms with E-state index in [1.165, 1.54) is 24.4 Å². The second-order valence-corrected chi connectivity index (χ2v) is 7.56. The minimum Gasteiger partial charge on any atom is -0.406 e. The molecule has 0 saturated heterocycles. The number of aromatic amines is 1. The average molecular weight is 480 g/mol. The highest BCUT2D eigenvalue weighted by molar-refractivity contribution is 6.35. The van der Waals surface area contributed by atoms with Crippen LogP contribution in [0.5, 0.6) is 5.75 Å². The molecule has 0 bridgehead atoms. The van der Waals surface area contributed by atoms with Gasteiger partial charge in [0.2, 0.25) is 0 Å². The highest BCUT2D eigenvalue weighted by Crippen LogP contribution is 2.29. The molecule has 1 amide bonds. The van der Waals surface area contributed by atoms with Gasteiger partial charge in [-0.15, -0.1) is 11.6 Å². The average Bonchev–Trinajstić information content (AvgIpc) is 3.29. The number of hydrogen-bond donors (Lipinski definition) is 4. The zero-order valence-electron chi connectivity index (χ0n) is 16.7. The fraction of sp³-hybridized carbons (Fsp3) is 0.182. The van der Waals surface area contributed by atoms with Gasteiger partial charge in [-0.25, -0.2) is 4.39 Å². The summed E-state index contributed by atoms with van der Waals surface area (Å²) in [6.45, 7) is 0.00338. The maximum Gasteiger partial charge on any atom is 0.272 e. The van der Waals surface area contributed by atoms with Gasteiger partial charge in [0, 0.05) is 42.4 Å². The van der Waals surface area contributed by atoms with Crippen LogP contribution < -0.4 is 15.6 Å². The molecule has 1 unspecified atom stereocenters. The van der Waals surface area contributed by atoms with Crippen LogP contribution >= 0.6 is 23.2 Å². The molecule has 168 valence electrons. The Morgan fingerprint density at radius 3 is 2.62 bits per heavy atom. The lowest BCUT2D eigenvalue weighted by molar-refractivity contribution is 0.102. The van der Waals surface area contributed by atoms with E-state index in [0.29, 0.717) is 5.69 Å². The Hall–Kier alpha value is -2.91. The summed E-state index contributed by atoms with van der Waals surface area (Å²) in [5, 5.41) is 11.7. The first-order valence-corrected chi connectivity index (χ1v) is 10.5. The molecule has 3 rings (SSSR count). The fourth-order valence-corrected chi connectivity index (χ4v) is 3.18. The summed E-state index contributed by atoms with van der Waals surface area (Å²) < 4.78 is 15.0. The van der Waals surface area contributed by atoms with Crippen molar-refractivity contribution in [3.05, 3.63) is 82.4 Å². The number of hydroxylamine groups is 1. The maximum absolute atomic E-state index is 15.0. The van der Waals surface area contributed by atoms with Crippen molar-refractivity contribution in [2.75, 3.05) is 24.3 Å². The molecule has 4 N–H and O–H groups in total. The van der Waals surface area contributed by atoms with Gasteiger partial charge in [0.25, 0.3) is 5.91 Å². The molecule has 0 saturated carbocycles. The number of ketones is 1. The van der Waals surface area contributed by atoms with Crippen LogP contribution in [0.3, 0.4) is 0 Å². The fourth-order valence-electron chi connectivity index (χ4n) is 2.75. The van der Waals surface area contributed by atoms with Gasteiger partial charge in [0.15, 0.2) is 17.3 Å². The molecule has 7 nitrogen and oxygen atoms in total. The highest BCUT2D eigenvalue weighted by Gasteiger charge is 2.24. The van der Waals surface area contributed by atoms with Gasteiger partial charge in [0.05, 0.1) is 10.6 Å². The van der Waals surface area contributed by atoms with E-state index in [1.54, 1.807) is 24.3 Å². The largest absolute Gasteiger partial charge is 0.406 e. The Kier molecular flexibility index (Phi) is 8.24. The molecule has 0 fully saturated rings. The minimum absolute atomic E-state index is 0.0524. The van der Waals surface area contributed by atoms with Gasteiger partial charge >= 0.3 is 0 Å². The van der Waals surface area contributed by atoms with Crippen LogP contribution in [-0.2, 0) is 0 Å². The van der Waals surface area contributed by atoms with E-state index in [4.69, 9.17) is 33.1 Å². The van der Waals surface area contributed by atoms with Crippen molar-refractivity contribution in [1.29, 1.82) is 0 Å². The van der Waals surface area contributed by atoms with Crippen LogP contribution in [0.1, 0.15) is 26.4 Å². The third-order valence-corrected chi connectivity index (χ3v) is 5.29. The number of halogens is 3. The van der Waals surface area contributed by atoms with Crippen LogP contribution in [-0.4, -0.2) is 40.8 Å². The SMILES string of the molecule is O=C(Nc1ccccc1)c1cc(C(=O)c2c(Cl)ccc(ONCC(CO)CCl)c2F)c[nH]1. The number of benzene rings is 2. The molecular weight excluding hydrogens is 460 g/mol. The number of anilines is 1. The smallest absolute Gasteiger partial charge is 0.272 e. The first-order valence-electron chi connectivity index (χ1n) is 9.58. The zero-order valence-corrected chi connectivity index (χ0v) is 18.2. The number of aliphatic hydroxyl groups excluding tert-OH is 1. The van der Waals surface area contributed by atoms with E-state index < -0.39 is 23.1 Å². The molecule has 0 radical (unpaired) electrons. The molecule has 3 aromatic rings. The Balaban J connectivity index is 1.75. The maximum atomic E-state index is 15.0. The number of amides is 1. The number of rotatable bonds is 10. The number of hydrogen-bond acceptors (Lipinski definition) is 5. The first kappa shape index (κ1) is 23.7. The lowest BCUT2D eigenvalue weighted by Gasteiger charge is -2.14. The van der Waals surface area contributed by atoms with Gasteiger partial charge in [-0.1, -0.05) is 29.8 Å². The summed E-state index contributed by atoms with van der Waals surface area (Å²) in [5.74, 6) is -2.48. The molecule has 2 aromatic carbocycles. The first-order chi connectivity index (χ1) is 15.4. The van der Waals surface area contributed by atoms with E-state index in [2.05, 4.69) is 15.8 Å².